The van der Waals surface area contributed by atoms with Crippen LogP contribution in [-0.2, 0) is 11.2 Å². The number of hydrogen-bond donors (Lipinski definition) is 2. The normalized spacial score (nSPS) is 19.5. The van der Waals surface area contributed by atoms with Crippen molar-refractivity contribution in [3.63, 3.8) is 0 Å². The first kappa shape index (κ1) is 12.0. The summed E-state index contributed by atoms with van der Waals surface area (Å²) in [6.45, 7) is 2.94. The molecule has 0 radical (unpaired) electrons. The van der Waals surface area contributed by atoms with Crippen molar-refractivity contribution >= 4 is 23.6 Å². The lowest BCUT2D eigenvalue weighted by Crippen LogP contribution is -1.95. The largest absolute Gasteiger partial charge is 0.371 e. The molecule has 1 saturated heterocycles. The molecule has 0 bridgehead atoms. The average Bonchev–Trinajstić information content (AvgIpc) is 3.07. The monoisotopic (exact) mass is 282 g/mol. The van der Waals surface area contributed by atoms with Crippen LogP contribution < -0.4 is 0 Å². The maximum Gasteiger partial charge on any atom is 0.213 e. The standard InChI is InChI=1S/C11H14N4OS2/c1-2-6-8(9-13-11(17)15-14-9)18-10(12-6)7-4-3-5-16-7/h7H,2-5H2,1H3,(H2,13,14,15,17). The summed E-state index contributed by atoms with van der Waals surface area (Å²) in [5.74, 6) is 0.776. The molecular formula is C11H14N4OS2. The number of ether oxygens (including phenoxy) is 1. The van der Waals surface area contributed by atoms with Crippen LogP contribution in [0.25, 0.3) is 10.7 Å². The lowest BCUT2D eigenvalue weighted by atomic mass is 10.2. The summed E-state index contributed by atoms with van der Waals surface area (Å²) in [4.78, 5) is 10.0. The Kier molecular flexibility index (Phi) is 3.27. The van der Waals surface area contributed by atoms with Gasteiger partial charge in [-0.1, -0.05) is 6.92 Å². The Labute approximate surface area is 114 Å². The van der Waals surface area contributed by atoms with Crippen molar-refractivity contribution in [1.29, 1.82) is 0 Å². The van der Waals surface area contributed by atoms with Gasteiger partial charge in [0.2, 0.25) is 4.77 Å². The molecule has 5 nitrogen and oxygen atoms in total. The predicted octanol–water partition coefficient (Wildman–Crippen LogP) is 3.00. The summed E-state index contributed by atoms with van der Waals surface area (Å²) in [7, 11) is 0. The summed E-state index contributed by atoms with van der Waals surface area (Å²) in [6, 6.07) is 0. The first-order valence-electron chi connectivity index (χ1n) is 6.04. The minimum Gasteiger partial charge on any atom is -0.371 e. The Morgan fingerprint density at radius 3 is 2.94 bits per heavy atom. The molecule has 1 unspecified atom stereocenters. The van der Waals surface area contributed by atoms with Crippen LogP contribution in [0, 0.1) is 4.77 Å². The van der Waals surface area contributed by atoms with E-state index in [0.717, 1.165) is 47.3 Å². The van der Waals surface area contributed by atoms with E-state index in [1.165, 1.54) is 0 Å². The highest BCUT2D eigenvalue weighted by Gasteiger charge is 2.24. The van der Waals surface area contributed by atoms with Gasteiger partial charge < -0.3 is 4.74 Å². The molecular weight excluding hydrogens is 268 g/mol. The van der Waals surface area contributed by atoms with Crippen molar-refractivity contribution in [1.82, 2.24) is 20.2 Å². The lowest BCUT2D eigenvalue weighted by molar-refractivity contribution is 0.111. The molecule has 1 aliphatic rings. The molecule has 0 spiro atoms. The number of rotatable bonds is 3. The number of H-pyrrole nitrogens is 2. The minimum atomic E-state index is 0.163. The van der Waals surface area contributed by atoms with Crippen LogP contribution in [0.1, 0.15) is 36.6 Å². The maximum absolute atomic E-state index is 5.68. The zero-order chi connectivity index (χ0) is 12.5. The molecule has 2 aromatic rings. The smallest absolute Gasteiger partial charge is 0.213 e. The highest BCUT2D eigenvalue weighted by atomic mass is 32.1. The second-order valence-electron chi connectivity index (χ2n) is 4.20. The fourth-order valence-electron chi connectivity index (χ4n) is 2.08. The van der Waals surface area contributed by atoms with Crippen molar-refractivity contribution in [3.05, 3.63) is 15.5 Å². The fourth-order valence-corrected chi connectivity index (χ4v) is 3.41. The van der Waals surface area contributed by atoms with E-state index in [9.17, 15) is 0 Å². The highest BCUT2D eigenvalue weighted by molar-refractivity contribution is 7.71. The number of nitrogens with zero attached hydrogens (tertiary/aromatic N) is 2. The van der Waals surface area contributed by atoms with Crippen LogP contribution in [0.2, 0.25) is 0 Å². The molecule has 0 saturated carbocycles. The summed E-state index contributed by atoms with van der Waals surface area (Å²) >= 11 is 6.64. The molecule has 96 valence electrons. The number of aryl methyl sites for hydroxylation is 1. The Balaban J connectivity index is 2.00. The Hall–Kier alpha value is -1.05. The number of aromatic amines is 2. The number of thiazole rings is 1. The second kappa shape index (κ2) is 4.91. The van der Waals surface area contributed by atoms with Gasteiger partial charge in [0.05, 0.1) is 10.6 Å². The Bertz CT molecular complexity index is 594. The van der Waals surface area contributed by atoms with E-state index >= 15 is 0 Å². The Morgan fingerprint density at radius 2 is 2.33 bits per heavy atom. The second-order valence-corrected chi connectivity index (χ2v) is 5.62. The van der Waals surface area contributed by atoms with E-state index in [0.29, 0.717) is 4.77 Å². The summed E-state index contributed by atoms with van der Waals surface area (Å²) in [5, 5.41) is 6.87. The third-order valence-corrected chi connectivity index (χ3v) is 4.36. The van der Waals surface area contributed by atoms with Gasteiger partial charge in [0.15, 0.2) is 5.82 Å². The number of nitrogens with one attached hydrogen (secondary N) is 2. The lowest BCUT2D eigenvalue weighted by Gasteiger charge is -2.03. The van der Waals surface area contributed by atoms with Crippen molar-refractivity contribution < 1.29 is 4.74 Å². The zero-order valence-electron chi connectivity index (χ0n) is 10.0. The van der Waals surface area contributed by atoms with Gasteiger partial charge in [0, 0.05) is 6.61 Å². The molecule has 3 rings (SSSR count). The summed E-state index contributed by atoms with van der Waals surface area (Å²) < 4.78 is 6.15. The quantitative estimate of drug-likeness (QED) is 0.849. The average molecular weight is 282 g/mol. The van der Waals surface area contributed by atoms with Crippen molar-refractivity contribution in [2.45, 2.75) is 32.3 Å². The summed E-state index contributed by atoms with van der Waals surface area (Å²) in [5.41, 5.74) is 1.06. The van der Waals surface area contributed by atoms with Gasteiger partial charge in [-0.15, -0.1) is 11.3 Å². The van der Waals surface area contributed by atoms with Crippen molar-refractivity contribution in [3.8, 4) is 10.7 Å². The minimum absolute atomic E-state index is 0.163. The van der Waals surface area contributed by atoms with E-state index in [1.54, 1.807) is 11.3 Å². The first-order valence-corrected chi connectivity index (χ1v) is 7.26. The third kappa shape index (κ3) is 2.13. The van der Waals surface area contributed by atoms with Crippen LogP contribution in [0.5, 0.6) is 0 Å². The van der Waals surface area contributed by atoms with Crippen molar-refractivity contribution in [2.75, 3.05) is 6.61 Å². The fraction of sp³-hybridized carbons (Fsp3) is 0.545. The maximum atomic E-state index is 5.68. The van der Waals surface area contributed by atoms with Crippen LogP contribution in [0.3, 0.4) is 0 Å². The van der Waals surface area contributed by atoms with Gasteiger partial charge in [-0.3, -0.25) is 10.2 Å². The van der Waals surface area contributed by atoms with Gasteiger partial charge >= 0.3 is 0 Å². The summed E-state index contributed by atoms with van der Waals surface area (Å²) in [6.07, 6.45) is 3.22. The molecule has 3 heterocycles. The van der Waals surface area contributed by atoms with Gasteiger partial charge in [0.1, 0.15) is 11.1 Å². The first-order chi connectivity index (χ1) is 8.78. The van der Waals surface area contributed by atoms with E-state index < -0.39 is 0 Å². The van der Waals surface area contributed by atoms with Crippen LogP contribution in [-0.4, -0.2) is 26.8 Å². The van der Waals surface area contributed by atoms with Gasteiger partial charge in [-0.2, -0.15) is 4.98 Å². The molecule has 7 heteroatoms. The Morgan fingerprint density at radius 1 is 1.44 bits per heavy atom. The van der Waals surface area contributed by atoms with Crippen LogP contribution in [0.15, 0.2) is 0 Å². The zero-order valence-corrected chi connectivity index (χ0v) is 11.7. The third-order valence-electron chi connectivity index (χ3n) is 2.97. The van der Waals surface area contributed by atoms with Gasteiger partial charge in [0.25, 0.3) is 0 Å². The molecule has 2 aromatic heterocycles. The van der Waals surface area contributed by atoms with E-state index in [4.69, 9.17) is 17.0 Å². The molecule has 0 aromatic carbocycles. The van der Waals surface area contributed by atoms with Gasteiger partial charge in [-0.25, -0.2) is 4.98 Å². The SMILES string of the molecule is CCc1nc(C2CCCO2)sc1-c1nc(=S)[nH][nH]1. The molecule has 0 amide bonds. The molecule has 2 N–H and O–H groups in total. The topological polar surface area (TPSA) is 66.6 Å². The van der Waals surface area contributed by atoms with Crippen LogP contribution >= 0.6 is 23.6 Å². The van der Waals surface area contributed by atoms with Crippen LogP contribution in [0.4, 0.5) is 0 Å². The molecule has 1 atom stereocenters. The molecule has 1 aliphatic heterocycles. The number of hydrogen-bond acceptors (Lipinski definition) is 5. The van der Waals surface area contributed by atoms with E-state index in [2.05, 4.69) is 27.1 Å². The highest BCUT2D eigenvalue weighted by Crippen LogP contribution is 2.36. The van der Waals surface area contributed by atoms with E-state index in [-0.39, 0.29) is 6.10 Å². The number of aromatic nitrogens is 4. The molecule has 1 fully saturated rings. The predicted molar refractivity (Wildman–Crippen MR) is 72.2 cm³/mol. The molecule has 0 aliphatic carbocycles. The van der Waals surface area contributed by atoms with E-state index in [1.807, 2.05) is 0 Å². The van der Waals surface area contributed by atoms with Crippen molar-refractivity contribution in [2.24, 2.45) is 0 Å². The molecule has 18 heavy (non-hydrogen) atoms. The van der Waals surface area contributed by atoms with Gasteiger partial charge in [-0.05, 0) is 31.5 Å².